The standard InChI is InChI=1S/C16H16F3N5O2/c1-8-2-4-23(5-3-8)11-7-12-10(6-9(11)16(17,18)19)20-14(25)13-21-22-15(26)24(12)13/h6-8H,2-5H2,1H3,(H,20,25)(H,22,26). The zero-order valence-electron chi connectivity index (χ0n) is 13.9. The number of aromatic amines is 2. The minimum atomic E-state index is -4.58. The maximum atomic E-state index is 13.6. The van der Waals surface area contributed by atoms with Crippen molar-refractivity contribution in [3.63, 3.8) is 0 Å². The Kier molecular flexibility index (Phi) is 3.60. The minimum absolute atomic E-state index is 0.0124. The number of H-pyrrole nitrogens is 2. The van der Waals surface area contributed by atoms with Gasteiger partial charge in [0.1, 0.15) is 0 Å². The molecular weight excluding hydrogens is 351 g/mol. The Labute approximate surface area is 144 Å². The second kappa shape index (κ2) is 5.61. The van der Waals surface area contributed by atoms with Crippen molar-refractivity contribution < 1.29 is 13.2 Å². The number of hydrogen-bond donors (Lipinski definition) is 2. The molecule has 1 saturated heterocycles. The molecule has 1 aliphatic rings. The Balaban J connectivity index is 2.03. The normalized spacial score (nSPS) is 16.7. The first-order valence-electron chi connectivity index (χ1n) is 8.25. The molecule has 10 heteroatoms. The molecule has 2 aromatic heterocycles. The van der Waals surface area contributed by atoms with Crippen LogP contribution in [0.1, 0.15) is 25.3 Å². The van der Waals surface area contributed by atoms with Gasteiger partial charge in [-0.15, -0.1) is 5.10 Å². The highest BCUT2D eigenvalue weighted by Gasteiger charge is 2.36. The predicted octanol–water partition coefficient (Wildman–Crippen LogP) is 2.12. The molecule has 0 unspecified atom stereocenters. The summed E-state index contributed by atoms with van der Waals surface area (Å²) in [6, 6.07) is 2.21. The van der Waals surface area contributed by atoms with Gasteiger partial charge < -0.3 is 9.88 Å². The van der Waals surface area contributed by atoms with Gasteiger partial charge in [0.25, 0.3) is 5.56 Å². The second-order valence-corrected chi connectivity index (χ2v) is 6.70. The Hall–Kier alpha value is -2.78. The van der Waals surface area contributed by atoms with Gasteiger partial charge in [0.15, 0.2) is 0 Å². The van der Waals surface area contributed by atoms with E-state index in [1.54, 1.807) is 4.90 Å². The SMILES string of the molecule is CC1CCN(c2cc3c(cc2C(F)(F)F)[nH]c(=O)c2n[nH]c(=O)n23)CC1. The van der Waals surface area contributed by atoms with Crippen molar-refractivity contribution in [3.05, 3.63) is 38.5 Å². The van der Waals surface area contributed by atoms with Gasteiger partial charge in [-0.3, -0.25) is 4.79 Å². The number of piperidine rings is 1. The summed E-state index contributed by atoms with van der Waals surface area (Å²) in [5.41, 5.74) is -2.28. The van der Waals surface area contributed by atoms with E-state index in [1.165, 1.54) is 6.07 Å². The highest BCUT2D eigenvalue weighted by Crippen LogP contribution is 2.39. The third-order valence-electron chi connectivity index (χ3n) is 4.91. The van der Waals surface area contributed by atoms with E-state index >= 15 is 0 Å². The number of aromatic nitrogens is 4. The summed E-state index contributed by atoms with van der Waals surface area (Å²) in [4.78, 5) is 28.1. The topological polar surface area (TPSA) is 86.3 Å². The van der Waals surface area contributed by atoms with Crippen molar-refractivity contribution in [3.8, 4) is 0 Å². The van der Waals surface area contributed by atoms with Crippen LogP contribution in [0, 0.1) is 5.92 Å². The Morgan fingerprint density at radius 2 is 1.88 bits per heavy atom. The van der Waals surface area contributed by atoms with Crippen molar-refractivity contribution in [2.45, 2.75) is 25.9 Å². The average molecular weight is 367 g/mol. The van der Waals surface area contributed by atoms with Crippen molar-refractivity contribution in [2.24, 2.45) is 5.92 Å². The van der Waals surface area contributed by atoms with Crippen LogP contribution in [0.4, 0.5) is 18.9 Å². The molecule has 3 heterocycles. The summed E-state index contributed by atoms with van der Waals surface area (Å²) in [6.45, 7) is 3.08. The van der Waals surface area contributed by atoms with Gasteiger partial charge in [0, 0.05) is 13.1 Å². The van der Waals surface area contributed by atoms with Crippen LogP contribution in [0.2, 0.25) is 0 Å². The van der Waals surface area contributed by atoms with Crippen LogP contribution < -0.4 is 16.1 Å². The number of alkyl halides is 3. The molecule has 1 aromatic carbocycles. The molecule has 0 amide bonds. The fourth-order valence-electron chi connectivity index (χ4n) is 3.45. The first-order valence-corrected chi connectivity index (χ1v) is 8.25. The Bertz CT molecular complexity index is 1100. The van der Waals surface area contributed by atoms with Crippen LogP contribution in [-0.2, 0) is 6.18 Å². The van der Waals surface area contributed by atoms with Crippen LogP contribution in [0.5, 0.6) is 0 Å². The van der Waals surface area contributed by atoms with Gasteiger partial charge in [-0.1, -0.05) is 6.92 Å². The smallest absolute Gasteiger partial charge is 0.371 e. The largest absolute Gasteiger partial charge is 0.418 e. The zero-order chi connectivity index (χ0) is 18.6. The molecule has 1 fully saturated rings. The van der Waals surface area contributed by atoms with E-state index in [9.17, 15) is 22.8 Å². The molecule has 0 radical (unpaired) electrons. The van der Waals surface area contributed by atoms with Gasteiger partial charge in [0.2, 0.25) is 5.65 Å². The zero-order valence-corrected chi connectivity index (χ0v) is 13.9. The highest BCUT2D eigenvalue weighted by molar-refractivity contribution is 5.83. The van der Waals surface area contributed by atoms with Crippen LogP contribution in [0.15, 0.2) is 21.7 Å². The molecule has 26 heavy (non-hydrogen) atoms. The third-order valence-corrected chi connectivity index (χ3v) is 4.91. The van der Waals surface area contributed by atoms with Gasteiger partial charge in [0.05, 0.1) is 22.3 Å². The monoisotopic (exact) mass is 367 g/mol. The highest BCUT2D eigenvalue weighted by atomic mass is 19.4. The lowest BCUT2D eigenvalue weighted by atomic mass is 9.97. The third kappa shape index (κ3) is 2.56. The van der Waals surface area contributed by atoms with Crippen molar-refractivity contribution in [1.82, 2.24) is 19.6 Å². The lowest BCUT2D eigenvalue weighted by molar-refractivity contribution is -0.137. The molecule has 0 saturated carbocycles. The van der Waals surface area contributed by atoms with Crippen LogP contribution in [0.25, 0.3) is 16.7 Å². The number of halogens is 3. The molecule has 138 valence electrons. The fraction of sp³-hybridized carbons (Fsp3) is 0.438. The lowest BCUT2D eigenvalue weighted by Crippen LogP contribution is -2.34. The summed E-state index contributed by atoms with van der Waals surface area (Å²) in [7, 11) is 0. The summed E-state index contributed by atoms with van der Waals surface area (Å²) >= 11 is 0. The molecule has 0 spiro atoms. The molecule has 7 nitrogen and oxygen atoms in total. The van der Waals surface area contributed by atoms with Crippen LogP contribution in [0.3, 0.4) is 0 Å². The first-order chi connectivity index (χ1) is 12.3. The van der Waals surface area contributed by atoms with E-state index in [0.29, 0.717) is 19.0 Å². The number of rotatable bonds is 1. The minimum Gasteiger partial charge on any atom is -0.371 e. The molecule has 3 aromatic rings. The summed E-state index contributed by atoms with van der Waals surface area (Å²) < 4.78 is 41.9. The van der Waals surface area contributed by atoms with Crippen molar-refractivity contribution >= 4 is 22.4 Å². The van der Waals surface area contributed by atoms with E-state index in [0.717, 1.165) is 23.3 Å². The fourth-order valence-corrected chi connectivity index (χ4v) is 3.45. The van der Waals surface area contributed by atoms with Crippen molar-refractivity contribution in [2.75, 3.05) is 18.0 Å². The predicted molar refractivity (Wildman–Crippen MR) is 89.6 cm³/mol. The van der Waals surface area contributed by atoms with Gasteiger partial charge in [-0.2, -0.15) is 13.2 Å². The van der Waals surface area contributed by atoms with Crippen LogP contribution >= 0.6 is 0 Å². The maximum absolute atomic E-state index is 13.6. The van der Waals surface area contributed by atoms with E-state index < -0.39 is 23.0 Å². The Morgan fingerprint density at radius 1 is 1.19 bits per heavy atom. The molecule has 2 N–H and O–H groups in total. The van der Waals surface area contributed by atoms with Gasteiger partial charge in [-0.25, -0.2) is 14.3 Å². The van der Waals surface area contributed by atoms with E-state index in [2.05, 4.69) is 22.1 Å². The molecule has 1 aliphatic heterocycles. The lowest BCUT2D eigenvalue weighted by Gasteiger charge is -2.34. The van der Waals surface area contributed by atoms with E-state index in [1.807, 2.05) is 0 Å². The number of anilines is 1. The number of fused-ring (bicyclic) bond motifs is 3. The number of benzene rings is 1. The first kappa shape index (κ1) is 16.7. The molecule has 4 rings (SSSR count). The quantitative estimate of drug-likeness (QED) is 0.690. The maximum Gasteiger partial charge on any atom is 0.418 e. The molecule has 0 atom stereocenters. The van der Waals surface area contributed by atoms with Gasteiger partial charge in [-0.05, 0) is 30.9 Å². The summed E-state index contributed by atoms with van der Waals surface area (Å²) in [5, 5.41) is 5.80. The number of hydrogen-bond acceptors (Lipinski definition) is 4. The van der Waals surface area contributed by atoms with Gasteiger partial charge >= 0.3 is 11.9 Å². The second-order valence-electron chi connectivity index (χ2n) is 6.70. The average Bonchev–Trinajstić information content (AvgIpc) is 2.97. The Morgan fingerprint density at radius 3 is 2.54 bits per heavy atom. The number of nitrogens with zero attached hydrogens (tertiary/aromatic N) is 3. The van der Waals surface area contributed by atoms with E-state index in [4.69, 9.17) is 0 Å². The number of nitrogens with one attached hydrogen (secondary N) is 2. The molecular formula is C16H16F3N5O2. The summed E-state index contributed by atoms with van der Waals surface area (Å²) in [6.07, 6.45) is -3.00. The van der Waals surface area contributed by atoms with Crippen molar-refractivity contribution in [1.29, 1.82) is 0 Å². The van der Waals surface area contributed by atoms with E-state index in [-0.39, 0.29) is 22.4 Å². The molecule has 0 bridgehead atoms. The molecule has 0 aliphatic carbocycles. The van der Waals surface area contributed by atoms with Crippen LogP contribution in [-0.4, -0.2) is 32.7 Å². The summed E-state index contributed by atoms with van der Waals surface area (Å²) in [5.74, 6) is 0.459.